The molecule has 0 aliphatic carbocycles. The van der Waals surface area contributed by atoms with Crippen molar-refractivity contribution < 1.29 is 18.8 Å². The molecule has 1 atom stereocenters. The van der Waals surface area contributed by atoms with Crippen LogP contribution in [0.1, 0.15) is 33.6 Å². The van der Waals surface area contributed by atoms with Crippen molar-refractivity contribution in [2.24, 2.45) is 0 Å². The van der Waals surface area contributed by atoms with Crippen LogP contribution >= 0.6 is 0 Å². The van der Waals surface area contributed by atoms with Crippen LogP contribution in [0.15, 0.2) is 18.2 Å². The third-order valence-corrected chi connectivity index (χ3v) is 3.45. The molecule has 1 fully saturated rings. The molecule has 3 amide bonds. The van der Waals surface area contributed by atoms with E-state index < -0.39 is 23.7 Å². The van der Waals surface area contributed by atoms with Gasteiger partial charge in [-0.25, -0.2) is 4.39 Å². The number of halogens is 1. The number of carbonyl (C=O) groups is 3. The Kier molecular flexibility index (Phi) is 2.58. The number of piperidine rings is 1. The number of fused-ring (bicyclic) bond motifs is 1. The first-order chi connectivity index (χ1) is 9.09. The van der Waals surface area contributed by atoms with Crippen LogP contribution in [0.2, 0.25) is 0 Å². The molecule has 1 aromatic carbocycles. The van der Waals surface area contributed by atoms with E-state index in [2.05, 4.69) is 5.32 Å². The third kappa shape index (κ3) is 1.71. The first-order valence-corrected chi connectivity index (χ1v) is 6.05. The van der Waals surface area contributed by atoms with Crippen molar-refractivity contribution in [2.45, 2.75) is 18.9 Å². The van der Waals surface area contributed by atoms with Crippen molar-refractivity contribution in [2.75, 3.05) is 6.54 Å². The molecule has 0 aromatic heterocycles. The maximum absolute atomic E-state index is 13.1. The van der Waals surface area contributed by atoms with Crippen LogP contribution < -0.4 is 5.32 Å². The van der Waals surface area contributed by atoms with Crippen LogP contribution in [0.25, 0.3) is 0 Å². The van der Waals surface area contributed by atoms with Crippen molar-refractivity contribution >= 4 is 17.7 Å². The van der Waals surface area contributed by atoms with Gasteiger partial charge < -0.3 is 5.32 Å². The van der Waals surface area contributed by atoms with E-state index in [1.807, 2.05) is 0 Å². The van der Waals surface area contributed by atoms with Crippen molar-refractivity contribution in [3.63, 3.8) is 0 Å². The Hall–Kier alpha value is -2.24. The molecule has 98 valence electrons. The predicted octanol–water partition coefficient (Wildman–Crippen LogP) is 0.700. The van der Waals surface area contributed by atoms with E-state index in [1.165, 1.54) is 6.07 Å². The van der Waals surface area contributed by atoms with Crippen LogP contribution in [0.3, 0.4) is 0 Å². The predicted molar refractivity (Wildman–Crippen MR) is 62.9 cm³/mol. The minimum absolute atomic E-state index is 0.0309. The van der Waals surface area contributed by atoms with E-state index >= 15 is 0 Å². The van der Waals surface area contributed by atoms with Crippen molar-refractivity contribution in [1.82, 2.24) is 10.2 Å². The molecule has 3 rings (SSSR count). The molecule has 0 spiro atoms. The molecule has 1 N–H and O–H groups in total. The maximum atomic E-state index is 13.1. The normalized spacial score (nSPS) is 22.5. The quantitative estimate of drug-likeness (QED) is 0.758. The van der Waals surface area contributed by atoms with Crippen LogP contribution in [0.5, 0.6) is 0 Å². The number of amides is 3. The highest BCUT2D eigenvalue weighted by Gasteiger charge is 2.43. The summed E-state index contributed by atoms with van der Waals surface area (Å²) in [6.07, 6.45) is 1.15. The van der Waals surface area contributed by atoms with Gasteiger partial charge >= 0.3 is 0 Å². The van der Waals surface area contributed by atoms with Crippen LogP contribution in [0.4, 0.5) is 4.39 Å². The van der Waals surface area contributed by atoms with Gasteiger partial charge in [0.25, 0.3) is 11.8 Å². The summed E-state index contributed by atoms with van der Waals surface area (Å²) in [5.74, 6) is -2.03. The molecule has 1 saturated heterocycles. The number of hydrogen-bond acceptors (Lipinski definition) is 3. The standard InChI is InChI=1S/C13H11FN2O3/c14-7-3-4-8-9(6-7)13(19)16(12(8)18)10-2-1-5-15-11(10)17/h3-4,6,10H,1-2,5H2,(H,15,17). The number of nitrogens with zero attached hydrogens (tertiary/aromatic N) is 1. The molecule has 2 heterocycles. The van der Waals surface area contributed by atoms with Gasteiger partial charge in [0.15, 0.2) is 0 Å². The lowest BCUT2D eigenvalue weighted by Crippen LogP contribution is -2.52. The summed E-state index contributed by atoms with van der Waals surface area (Å²) in [4.78, 5) is 37.0. The van der Waals surface area contributed by atoms with Gasteiger partial charge in [0.05, 0.1) is 11.1 Å². The van der Waals surface area contributed by atoms with Crippen LogP contribution in [-0.4, -0.2) is 35.2 Å². The fourth-order valence-electron chi connectivity index (χ4n) is 2.52. The number of rotatable bonds is 1. The number of imide groups is 1. The lowest BCUT2D eigenvalue weighted by Gasteiger charge is -2.28. The number of nitrogens with one attached hydrogen (secondary N) is 1. The fraction of sp³-hybridized carbons (Fsp3) is 0.308. The lowest BCUT2D eigenvalue weighted by molar-refractivity contribution is -0.126. The van der Waals surface area contributed by atoms with Crippen LogP contribution in [-0.2, 0) is 4.79 Å². The Balaban J connectivity index is 2.00. The Morgan fingerprint density at radius 3 is 2.63 bits per heavy atom. The zero-order valence-corrected chi connectivity index (χ0v) is 9.98. The highest BCUT2D eigenvalue weighted by atomic mass is 19.1. The zero-order valence-electron chi connectivity index (χ0n) is 9.98. The van der Waals surface area contributed by atoms with Crippen molar-refractivity contribution in [1.29, 1.82) is 0 Å². The third-order valence-electron chi connectivity index (χ3n) is 3.45. The van der Waals surface area contributed by atoms with Gasteiger partial charge in [0, 0.05) is 6.54 Å². The number of carbonyl (C=O) groups excluding carboxylic acids is 3. The first-order valence-electron chi connectivity index (χ1n) is 6.05. The summed E-state index contributed by atoms with van der Waals surface area (Å²) in [6, 6.07) is 2.67. The summed E-state index contributed by atoms with van der Waals surface area (Å²) < 4.78 is 13.1. The average molecular weight is 262 g/mol. The molecule has 0 saturated carbocycles. The van der Waals surface area contributed by atoms with Gasteiger partial charge in [-0.15, -0.1) is 0 Å². The van der Waals surface area contributed by atoms with Gasteiger partial charge in [-0.2, -0.15) is 0 Å². The SMILES string of the molecule is O=C1NCCCC1N1C(=O)c2ccc(F)cc2C1=O. The fourth-order valence-corrected chi connectivity index (χ4v) is 2.52. The van der Waals surface area contributed by atoms with E-state index in [-0.39, 0.29) is 17.0 Å². The molecule has 1 unspecified atom stereocenters. The minimum atomic E-state index is -0.788. The van der Waals surface area contributed by atoms with E-state index in [0.29, 0.717) is 19.4 Å². The minimum Gasteiger partial charge on any atom is -0.354 e. The highest BCUT2D eigenvalue weighted by molar-refractivity contribution is 6.22. The van der Waals surface area contributed by atoms with Gasteiger partial charge in [-0.3, -0.25) is 19.3 Å². The summed E-state index contributed by atoms with van der Waals surface area (Å²) >= 11 is 0. The zero-order chi connectivity index (χ0) is 13.6. The monoisotopic (exact) mass is 262 g/mol. The molecule has 2 aliphatic heterocycles. The molecule has 2 aliphatic rings. The Bertz CT molecular complexity index is 600. The average Bonchev–Trinajstić information content (AvgIpc) is 2.63. The van der Waals surface area contributed by atoms with E-state index in [1.54, 1.807) is 0 Å². The Labute approximate surface area is 108 Å². The van der Waals surface area contributed by atoms with Gasteiger partial charge in [0.2, 0.25) is 5.91 Å². The topological polar surface area (TPSA) is 66.5 Å². The second-order valence-corrected chi connectivity index (χ2v) is 4.62. The summed E-state index contributed by atoms with van der Waals surface area (Å²) in [5, 5.41) is 2.63. The number of hydrogen-bond donors (Lipinski definition) is 1. The summed E-state index contributed by atoms with van der Waals surface area (Å²) in [6.45, 7) is 0.549. The van der Waals surface area contributed by atoms with E-state index in [4.69, 9.17) is 0 Å². The van der Waals surface area contributed by atoms with E-state index in [9.17, 15) is 18.8 Å². The second kappa shape index (κ2) is 4.15. The molecular formula is C13H11FN2O3. The molecule has 6 heteroatoms. The van der Waals surface area contributed by atoms with Gasteiger partial charge in [0.1, 0.15) is 11.9 Å². The Morgan fingerprint density at radius 1 is 1.16 bits per heavy atom. The summed E-state index contributed by atoms with van der Waals surface area (Å²) in [5.41, 5.74) is 0.188. The van der Waals surface area contributed by atoms with Crippen molar-refractivity contribution in [3.8, 4) is 0 Å². The van der Waals surface area contributed by atoms with Crippen molar-refractivity contribution in [3.05, 3.63) is 35.1 Å². The Morgan fingerprint density at radius 2 is 1.89 bits per heavy atom. The molecule has 1 aromatic rings. The molecular weight excluding hydrogens is 251 g/mol. The van der Waals surface area contributed by atoms with Gasteiger partial charge in [-0.05, 0) is 31.0 Å². The molecule has 0 radical (unpaired) electrons. The lowest BCUT2D eigenvalue weighted by atomic mass is 10.1. The molecule has 5 nitrogen and oxygen atoms in total. The summed E-state index contributed by atoms with van der Waals surface area (Å²) in [7, 11) is 0. The molecule has 0 bridgehead atoms. The smallest absolute Gasteiger partial charge is 0.262 e. The maximum Gasteiger partial charge on any atom is 0.262 e. The van der Waals surface area contributed by atoms with Gasteiger partial charge in [-0.1, -0.05) is 0 Å². The second-order valence-electron chi connectivity index (χ2n) is 4.62. The van der Waals surface area contributed by atoms with Crippen LogP contribution in [0, 0.1) is 5.82 Å². The molecule has 19 heavy (non-hydrogen) atoms. The first kappa shape index (κ1) is 11.8. The van der Waals surface area contributed by atoms with E-state index in [0.717, 1.165) is 17.0 Å². The number of benzene rings is 1. The largest absolute Gasteiger partial charge is 0.354 e. The highest BCUT2D eigenvalue weighted by Crippen LogP contribution is 2.27.